The number of carbonyl (C=O) groups is 1. The highest BCUT2D eigenvalue weighted by atomic mass is 35.5. The molecular formula is C22H26ClNO3S. The van der Waals surface area contributed by atoms with Gasteiger partial charge in [0.1, 0.15) is 12.4 Å². The van der Waals surface area contributed by atoms with E-state index in [0.29, 0.717) is 34.6 Å². The summed E-state index contributed by atoms with van der Waals surface area (Å²) in [5.41, 5.74) is 4.01. The number of hydrogen-bond donors (Lipinski definition) is 2. The van der Waals surface area contributed by atoms with Gasteiger partial charge in [-0.1, -0.05) is 31.5 Å². The quantitative estimate of drug-likeness (QED) is 0.713. The van der Waals surface area contributed by atoms with Crippen molar-refractivity contribution in [1.29, 1.82) is 0 Å². The van der Waals surface area contributed by atoms with Crippen molar-refractivity contribution in [3.63, 3.8) is 0 Å². The van der Waals surface area contributed by atoms with Gasteiger partial charge in [-0.05, 0) is 66.3 Å². The summed E-state index contributed by atoms with van der Waals surface area (Å²) in [5.74, 6) is 1.86. The Hall–Kier alpha value is -1.56. The molecule has 1 aromatic heterocycles. The fraction of sp³-hybridized carbons (Fsp3) is 0.500. The lowest BCUT2D eigenvalue weighted by atomic mass is 9.95. The molecule has 3 atom stereocenters. The third kappa shape index (κ3) is 3.34. The predicted octanol–water partition coefficient (Wildman–Crippen LogP) is 4.70. The van der Waals surface area contributed by atoms with Gasteiger partial charge >= 0.3 is 0 Å². The summed E-state index contributed by atoms with van der Waals surface area (Å²) in [6, 6.07) is 5.45. The first-order chi connectivity index (χ1) is 13.2. The lowest BCUT2D eigenvalue weighted by Gasteiger charge is -2.12. The zero-order valence-electron chi connectivity index (χ0n) is 16.6. The van der Waals surface area contributed by atoms with Gasteiger partial charge in [0.25, 0.3) is 5.91 Å². The van der Waals surface area contributed by atoms with Gasteiger partial charge in [0.05, 0.1) is 16.0 Å². The molecule has 2 N–H and O–H groups in total. The Kier molecular flexibility index (Phi) is 4.97. The summed E-state index contributed by atoms with van der Waals surface area (Å²) in [5, 5.41) is 12.8. The van der Waals surface area contributed by atoms with Crippen LogP contribution in [0, 0.1) is 18.3 Å². The number of rotatable bonds is 6. The van der Waals surface area contributed by atoms with E-state index in [1.54, 1.807) is 30.4 Å². The molecule has 0 aliphatic heterocycles. The molecule has 2 aliphatic carbocycles. The number of amides is 1. The first-order valence-electron chi connectivity index (χ1n) is 9.69. The van der Waals surface area contributed by atoms with Crippen LogP contribution in [0.3, 0.4) is 0 Å². The molecule has 150 valence electrons. The normalized spacial score (nSPS) is 22.4. The fourth-order valence-electron chi connectivity index (χ4n) is 4.56. The van der Waals surface area contributed by atoms with E-state index in [1.165, 1.54) is 16.0 Å². The van der Waals surface area contributed by atoms with E-state index in [-0.39, 0.29) is 12.5 Å². The van der Waals surface area contributed by atoms with Crippen LogP contribution in [0.2, 0.25) is 5.02 Å². The Morgan fingerprint density at radius 3 is 2.89 bits per heavy atom. The van der Waals surface area contributed by atoms with Crippen molar-refractivity contribution in [2.45, 2.75) is 52.7 Å². The minimum Gasteiger partial charge on any atom is -0.489 e. The van der Waals surface area contributed by atoms with Crippen molar-refractivity contribution in [1.82, 2.24) is 5.32 Å². The third-order valence-corrected chi connectivity index (χ3v) is 7.61. The molecule has 0 bridgehead atoms. The number of aliphatic hydroxyl groups is 1. The van der Waals surface area contributed by atoms with Gasteiger partial charge in [-0.25, -0.2) is 0 Å². The van der Waals surface area contributed by atoms with Crippen LogP contribution in [0.1, 0.15) is 57.9 Å². The number of halogens is 1. The van der Waals surface area contributed by atoms with Crippen molar-refractivity contribution in [3.8, 4) is 5.75 Å². The van der Waals surface area contributed by atoms with Crippen molar-refractivity contribution in [3.05, 3.63) is 49.7 Å². The summed E-state index contributed by atoms with van der Waals surface area (Å²) < 4.78 is 5.46. The number of nitrogens with one attached hydrogen (secondary N) is 1. The Morgan fingerprint density at radius 2 is 2.21 bits per heavy atom. The van der Waals surface area contributed by atoms with Crippen LogP contribution >= 0.6 is 22.9 Å². The van der Waals surface area contributed by atoms with Gasteiger partial charge in [-0.2, -0.15) is 0 Å². The molecule has 2 aromatic rings. The Bertz CT molecular complexity index is 934. The maximum atomic E-state index is 12.8. The maximum Gasteiger partial charge on any atom is 0.261 e. The molecule has 0 saturated heterocycles. The first kappa shape index (κ1) is 19.7. The zero-order chi connectivity index (χ0) is 20.2. The van der Waals surface area contributed by atoms with Crippen LogP contribution in [-0.4, -0.2) is 23.7 Å². The van der Waals surface area contributed by atoms with Crippen LogP contribution < -0.4 is 10.1 Å². The average molecular weight is 420 g/mol. The largest absolute Gasteiger partial charge is 0.489 e. The number of aliphatic hydroxyl groups excluding tert-OH is 1. The van der Waals surface area contributed by atoms with E-state index >= 15 is 0 Å². The molecule has 4 rings (SSSR count). The molecule has 1 heterocycles. The lowest BCUT2D eigenvalue weighted by molar-refractivity contribution is 0.0954. The number of hydrogen-bond acceptors (Lipinski definition) is 4. The molecule has 1 amide bonds. The molecule has 2 aliphatic rings. The highest BCUT2D eigenvalue weighted by Gasteiger charge is 2.63. The Morgan fingerprint density at radius 1 is 1.46 bits per heavy atom. The smallest absolute Gasteiger partial charge is 0.261 e. The molecule has 4 nitrogen and oxygen atoms in total. The van der Waals surface area contributed by atoms with Crippen molar-refractivity contribution >= 4 is 28.8 Å². The second-order valence-electron chi connectivity index (χ2n) is 8.60. The van der Waals surface area contributed by atoms with Crippen LogP contribution in [0.15, 0.2) is 18.2 Å². The minimum absolute atomic E-state index is 0.000916. The Labute approximate surface area is 174 Å². The summed E-state index contributed by atoms with van der Waals surface area (Å²) in [7, 11) is 0. The number of thiophene rings is 1. The topological polar surface area (TPSA) is 58.6 Å². The number of benzene rings is 1. The minimum atomic E-state index is -0.553. The van der Waals surface area contributed by atoms with Crippen LogP contribution in [0.4, 0.5) is 0 Å². The van der Waals surface area contributed by atoms with Gasteiger partial charge in [0.15, 0.2) is 0 Å². The second-order valence-corrected chi connectivity index (χ2v) is 10.2. The number of carbonyl (C=O) groups excluding carboxylic acids is 1. The third-order valence-electron chi connectivity index (χ3n) is 6.15. The average Bonchev–Trinajstić information content (AvgIpc) is 2.95. The van der Waals surface area contributed by atoms with Gasteiger partial charge in [-0.15, -0.1) is 11.3 Å². The summed E-state index contributed by atoms with van der Waals surface area (Å²) in [6.07, 6.45) is 0.476. The predicted molar refractivity (Wildman–Crippen MR) is 113 cm³/mol. The van der Waals surface area contributed by atoms with E-state index in [1.807, 2.05) is 6.07 Å². The standard InChI is InChI=1S/C22H26ClNO3S/c1-11(25)10-27-17-6-5-13(7-16(17)23)9-24-21(26)20-14-8-15-19(22(15,3)4)18(14)12(2)28-20/h5-7,11,15,19,25H,8-10H2,1-4H3,(H,24,26)/t11?,15?,19-/m1/s1. The molecule has 0 radical (unpaired) electrons. The van der Waals surface area contributed by atoms with Crippen molar-refractivity contribution in [2.24, 2.45) is 11.3 Å². The van der Waals surface area contributed by atoms with Gasteiger partial charge in [0.2, 0.25) is 0 Å². The molecule has 2 unspecified atom stereocenters. The lowest BCUT2D eigenvalue weighted by Crippen LogP contribution is -2.23. The number of aryl methyl sites for hydroxylation is 1. The fourth-order valence-corrected chi connectivity index (χ4v) is 5.97. The second kappa shape index (κ2) is 7.05. The SMILES string of the molecule is Cc1sc(C(=O)NCc2ccc(OCC(C)O)c(Cl)c2)c2c1[C@H]1C(C2)C1(C)C. The van der Waals surface area contributed by atoms with Crippen LogP contribution in [0.25, 0.3) is 0 Å². The molecule has 1 fully saturated rings. The monoisotopic (exact) mass is 419 g/mol. The highest BCUT2D eigenvalue weighted by Crippen LogP contribution is 2.71. The van der Waals surface area contributed by atoms with E-state index in [4.69, 9.17) is 16.3 Å². The molecule has 1 saturated carbocycles. The van der Waals surface area contributed by atoms with E-state index in [2.05, 4.69) is 26.1 Å². The Balaban J connectivity index is 1.42. The number of fused-ring (bicyclic) bond motifs is 3. The van der Waals surface area contributed by atoms with Gasteiger partial charge in [-0.3, -0.25) is 4.79 Å². The highest BCUT2D eigenvalue weighted by molar-refractivity contribution is 7.14. The molecular weight excluding hydrogens is 394 g/mol. The van der Waals surface area contributed by atoms with E-state index in [9.17, 15) is 9.90 Å². The maximum absolute atomic E-state index is 12.8. The number of ether oxygens (including phenoxy) is 1. The first-order valence-corrected chi connectivity index (χ1v) is 10.9. The molecule has 1 aromatic carbocycles. The van der Waals surface area contributed by atoms with E-state index in [0.717, 1.165) is 16.9 Å². The molecule has 6 heteroatoms. The van der Waals surface area contributed by atoms with Crippen molar-refractivity contribution < 1.29 is 14.6 Å². The van der Waals surface area contributed by atoms with Gasteiger partial charge in [0, 0.05) is 11.4 Å². The van der Waals surface area contributed by atoms with Crippen LogP contribution in [0.5, 0.6) is 5.75 Å². The van der Waals surface area contributed by atoms with Crippen molar-refractivity contribution in [2.75, 3.05) is 6.61 Å². The molecule has 28 heavy (non-hydrogen) atoms. The van der Waals surface area contributed by atoms with E-state index < -0.39 is 6.10 Å². The summed E-state index contributed by atoms with van der Waals surface area (Å²) >= 11 is 7.88. The van der Waals surface area contributed by atoms with Gasteiger partial charge < -0.3 is 15.2 Å². The zero-order valence-corrected chi connectivity index (χ0v) is 18.2. The summed E-state index contributed by atoms with van der Waals surface area (Å²) in [6.45, 7) is 9.08. The molecule has 0 spiro atoms. The summed E-state index contributed by atoms with van der Waals surface area (Å²) in [4.78, 5) is 15.0. The van der Waals surface area contributed by atoms with Crippen LogP contribution in [-0.2, 0) is 13.0 Å².